The van der Waals surface area contributed by atoms with Gasteiger partial charge in [-0.2, -0.15) is 0 Å². The molecule has 1 aliphatic heterocycles. The first-order valence-electron chi connectivity index (χ1n) is 7.89. The third-order valence-corrected chi connectivity index (χ3v) is 4.40. The number of nitrogens with two attached hydrogens (primary N) is 1. The minimum atomic E-state index is -0.576. The molecular formula is C17H17N3O5. The van der Waals surface area contributed by atoms with E-state index in [1.54, 1.807) is 22.7 Å². The second-order valence-electron chi connectivity index (χ2n) is 5.96. The molecule has 0 saturated carbocycles. The lowest BCUT2D eigenvalue weighted by atomic mass is 10.1. The van der Waals surface area contributed by atoms with Gasteiger partial charge in [-0.15, -0.1) is 0 Å². The molecule has 0 spiro atoms. The molecule has 3 aromatic rings. The van der Waals surface area contributed by atoms with Crippen LogP contribution >= 0.6 is 0 Å². The molecule has 1 aliphatic rings. The van der Waals surface area contributed by atoms with Crippen LogP contribution < -0.4 is 20.5 Å². The first-order valence-corrected chi connectivity index (χ1v) is 7.89. The van der Waals surface area contributed by atoms with E-state index in [2.05, 4.69) is 5.32 Å². The molecule has 0 bridgehead atoms. The van der Waals surface area contributed by atoms with E-state index in [-0.39, 0.29) is 17.5 Å². The highest BCUT2D eigenvalue weighted by atomic mass is 16.5. The van der Waals surface area contributed by atoms with E-state index in [0.29, 0.717) is 30.2 Å². The van der Waals surface area contributed by atoms with Crippen molar-refractivity contribution < 1.29 is 23.5 Å². The van der Waals surface area contributed by atoms with Gasteiger partial charge < -0.3 is 24.9 Å². The van der Waals surface area contributed by atoms with Gasteiger partial charge in [0.2, 0.25) is 11.6 Å². The lowest BCUT2D eigenvalue weighted by Gasteiger charge is -2.11. The lowest BCUT2D eigenvalue weighted by molar-refractivity contribution is -0.119. The van der Waals surface area contributed by atoms with Crippen LogP contribution in [0.15, 0.2) is 29.0 Å². The van der Waals surface area contributed by atoms with Crippen molar-refractivity contribution in [1.82, 2.24) is 9.72 Å². The molecule has 2 amide bonds. The summed E-state index contributed by atoms with van der Waals surface area (Å²) in [5, 5.41) is 3.61. The Balaban J connectivity index is 1.79. The predicted molar refractivity (Wildman–Crippen MR) is 88.9 cm³/mol. The normalized spacial score (nSPS) is 17.2. The largest absolute Gasteiger partial charge is 0.496 e. The number of ether oxygens (including phenoxy) is 2. The zero-order valence-electron chi connectivity index (χ0n) is 13.6. The molecule has 2 aromatic heterocycles. The molecule has 0 aliphatic carbocycles. The molecule has 0 radical (unpaired) electrons. The molecule has 1 saturated heterocycles. The second kappa shape index (κ2) is 5.73. The number of benzene rings is 1. The average Bonchev–Trinajstić information content (AvgIpc) is 3.28. The number of hydrogen-bond donors (Lipinski definition) is 2. The Kier molecular flexibility index (Phi) is 3.52. The summed E-state index contributed by atoms with van der Waals surface area (Å²) in [5.74, 6) is 0.363. The fourth-order valence-electron chi connectivity index (χ4n) is 3.18. The lowest BCUT2D eigenvalue weighted by Crippen LogP contribution is -2.30. The Bertz CT molecular complexity index is 987. The Morgan fingerprint density at radius 2 is 2.32 bits per heavy atom. The monoisotopic (exact) mass is 343 g/mol. The van der Waals surface area contributed by atoms with Gasteiger partial charge in [0.1, 0.15) is 18.6 Å². The summed E-state index contributed by atoms with van der Waals surface area (Å²) in [6, 6.07) is 3.34. The minimum Gasteiger partial charge on any atom is -0.496 e. The average molecular weight is 343 g/mol. The minimum absolute atomic E-state index is 0.0285. The molecule has 1 atom stereocenters. The van der Waals surface area contributed by atoms with Crippen LogP contribution in [-0.4, -0.2) is 36.0 Å². The molecule has 1 fully saturated rings. The molecule has 4 rings (SSSR count). The Morgan fingerprint density at radius 3 is 3.00 bits per heavy atom. The van der Waals surface area contributed by atoms with Gasteiger partial charge in [-0.3, -0.25) is 14.0 Å². The zero-order valence-corrected chi connectivity index (χ0v) is 13.6. The van der Waals surface area contributed by atoms with Crippen LogP contribution in [0.3, 0.4) is 0 Å². The van der Waals surface area contributed by atoms with E-state index in [4.69, 9.17) is 19.6 Å². The molecule has 1 aromatic carbocycles. The van der Waals surface area contributed by atoms with E-state index >= 15 is 0 Å². The topological polar surface area (TPSA) is 108 Å². The van der Waals surface area contributed by atoms with Crippen LogP contribution in [0.5, 0.6) is 11.5 Å². The summed E-state index contributed by atoms with van der Waals surface area (Å²) in [4.78, 5) is 23.0. The maximum Gasteiger partial charge on any atom is 0.252 e. The summed E-state index contributed by atoms with van der Waals surface area (Å²) in [6.45, 7) is 0.334. The Hall–Kier alpha value is -3.16. The van der Waals surface area contributed by atoms with E-state index in [9.17, 15) is 9.59 Å². The first-order chi connectivity index (χ1) is 12.1. The molecule has 130 valence electrons. The highest BCUT2D eigenvalue weighted by molar-refractivity contribution is 6.03. The van der Waals surface area contributed by atoms with Crippen LogP contribution in [0.2, 0.25) is 0 Å². The number of carbonyl (C=O) groups is 2. The van der Waals surface area contributed by atoms with Crippen molar-refractivity contribution in [1.29, 1.82) is 0 Å². The number of hydrogen-bond acceptors (Lipinski definition) is 5. The number of oxazole rings is 1. The van der Waals surface area contributed by atoms with Crippen molar-refractivity contribution in [3.63, 3.8) is 0 Å². The quantitative estimate of drug-likeness (QED) is 0.729. The highest BCUT2D eigenvalue weighted by Gasteiger charge is 2.24. The third kappa shape index (κ3) is 2.46. The number of primary amides is 1. The number of nitrogens with one attached hydrogen (secondary N) is 1. The molecular weight excluding hydrogens is 326 g/mol. The van der Waals surface area contributed by atoms with Gasteiger partial charge >= 0.3 is 0 Å². The second-order valence-corrected chi connectivity index (χ2v) is 5.96. The van der Waals surface area contributed by atoms with E-state index in [0.717, 1.165) is 17.3 Å². The van der Waals surface area contributed by atoms with Crippen molar-refractivity contribution in [3.05, 3.63) is 30.2 Å². The van der Waals surface area contributed by atoms with Crippen molar-refractivity contribution in [3.8, 4) is 11.5 Å². The van der Waals surface area contributed by atoms with Gasteiger partial charge in [-0.05, 0) is 18.6 Å². The molecule has 3 N–H and O–H groups in total. The van der Waals surface area contributed by atoms with E-state index < -0.39 is 5.91 Å². The molecule has 8 heteroatoms. The summed E-state index contributed by atoms with van der Waals surface area (Å²) in [5.41, 5.74) is 6.96. The standard InChI is InChI=1S/C17H17N3O5/c1-23-13-7-10-12(6-11(13)16(18)22)20-4-5-24-17(20)15(10)25-8-9-2-3-14(21)19-9/h4-7,9H,2-3,8H2,1H3,(H2,18,22)(H,19,21). The van der Waals surface area contributed by atoms with Crippen molar-refractivity contribution in [2.45, 2.75) is 18.9 Å². The van der Waals surface area contributed by atoms with Gasteiger partial charge in [-0.1, -0.05) is 0 Å². The van der Waals surface area contributed by atoms with Crippen molar-refractivity contribution >= 4 is 28.4 Å². The fraction of sp³-hybridized carbons (Fsp3) is 0.294. The van der Waals surface area contributed by atoms with Gasteiger partial charge in [-0.25, -0.2) is 0 Å². The zero-order chi connectivity index (χ0) is 17.6. The van der Waals surface area contributed by atoms with Gasteiger partial charge in [0.15, 0.2) is 5.75 Å². The number of carbonyl (C=O) groups excluding carboxylic acids is 2. The van der Waals surface area contributed by atoms with Crippen molar-refractivity contribution in [2.24, 2.45) is 5.73 Å². The number of methoxy groups -OCH3 is 1. The molecule has 25 heavy (non-hydrogen) atoms. The molecule has 1 unspecified atom stereocenters. The summed E-state index contributed by atoms with van der Waals surface area (Å²) in [7, 11) is 1.47. The predicted octanol–water partition coefficient (Wildman–Crippen LogP) is 1.45. The van der Waals surface area contributed by atoms with Crippen LogP contribution in [0, 0.1) is 0 Å². The smallest absolute Gasteiger partial charge is 0.252 e. The number of fused-ring (bicyclic) bond motifs is 3. The van der Waals surface area contributed by atoms with Crippen LogP contribution in [0.1, 0.15) is 23.2 Å². The summed E-state index contributed by atoms with van der Waals surface area (Å²) in [6.07, 6.45) is 4.52. The van der Waals surface area contributed by atoms with Gasteiger partial charge in [0, 0.05) is 12.6 Å². The molecule has 3 heterocycles. The Morgan fingerprint density at radius 1 is 1.48 bits per heavy atom. The summed E-state index contributed by atoms with van der Waals surface area (Å²) < 4.78 is 18.6. The highest BCUT2D eigenvalue weighted by Crippen LogP contribution is 2.38. The summed E-state index contributed by atoms with van der Waals surface area (Å²) >= 11 is 0. The van der Waals surface area contributed by atoms with E-state index in [1.807, 2.05) is 0 Å². The van der Waals surface area contributed by atoms with Crippen LogP contribution in [0.25, 0.3) is 16.6 Å². The van der Waals surface area contributed by atoms with E-state index in [1.165, 1.54) is 13.4 Å². The maximum atomic E-state index is 11.7. The number of amides is 2. The van der Waals surface area contributed by atoms with Crippen LogP contribution in [-0.2, 0) is 4.79 Å². The van der Waals surface area contributed by atoms with Crippen LogP contribution in [0.4, 0.5) is 0 Å². The Labute approximate surface area is 142 Å². The fourth-order valence-corrected chi connectivity index (χ4v) is 3.18. The maximum absolute atomic E-state index is 11.7. The van der Waals surface area contributed by atoms with Gasteiger partial charge in [0.25, 0.3) is 5.91 Å². The SMILES string of the molecule is COc1cc2c(OCC3CCC(=O)N3)c3occn3c2cc1C(N)=O. The third-order valence-electron chi connectivity index (χ3n) is 4.40. The number of rotatable bonds is 5. The van der Waals surface area contributed by atoms with Crippen molar-refractivity contribution in [2.75, 3.05) is 13.7 Å². The first kappa shape index (κ1) is 15.4. The number of aromatic nitrogens is 1. The van der Waals surface area contributed by atoms with Gasteiger partial charge in [0.05, 0.1) is 29.6 Å². The molecule has 8 nitrogen and oxygen atoms in total. The number of nitrogens with zero attached hydrogens (tertiary/aromatic N) is 1.